The first-order chi connectivity index (χ1) is 15.9. The van der Waals surface area contributed by atoms with Crippen molar-refractivity contribution in [2.24, 2.45) is 0 Å². The van der Waals surface area contributed by atoms with Crippen LogP contribution in [0.3, 0.4) is 0 Å². The van der Waals surface area contributed by atoms with Crippen LogP contribution in [0, 0.1) is 20.8 Å². The average molecular weight is 542 g/mol. The number of carbonyl (C=O) groups is 1. The number of carbonyl (C=O) groups excluding carboxylic acids is 1. The molecule has 0 aliphatic carbocycles. The first kappa shape index (κ1) is 26.2. The number of amides is 1. The Kier molecular flexibility index (Phi) is 8.03. The molecule has 3 rings (SSSR count). The van der Waals surface area contributed by atoms with Crippen LogP contribution < -0.4 is 14.4 Å². The Balaban J connectivity index is 2.07. The van der Waals surface area contributed by atoms with Gasteiger partial charge >= 0.3 is 0 Å². The largest absolute Gasteiger partial charge is 0.495 e. The van der Waals surface area contributed by atoms with E-state index in [1.54, 1.807) is 31.2 Å². The Hall–Kier alpha value is -2.45. The molecular formula is C24H23Cl3N2O4S. The molecule has 3 aromatic rings. The predicted molar refractivity (Wildman–Crippen MR) is 138 cm³/mol. The summed E-state index contributed by atoms with van der Waals surface area (Å²) in [5.41, 5.74) is 2.98. The van der Waals surface area contributed by atoms with E-state index in [4.69, 9.17) is 39.5 Å². The molecule has 3 aromatic carbocycles. The van der Waals surface area contributed by atoms with Crippen molar-refractivity contribution in [3.05, 3.63) is 80.3 Å². The molecule has 34 heavy (non-hydrogen) atoms. The lowest BCUT2D eigenvalue weighted by molar-refractivity contribution is -0.114. The molecule has 0 aromatic heterocycles. The van der Waals surface area contributed by atoms with Gasteiger partial charge < -0.3 is 10.1 Å². The summed E-state index contributed by atoms with van der Waals surface area (Å²) in [5, 5.41) is 3.22. The number of rotatable bonds is 7. The Morgan fingerprint density at radius 1 is 0.882 bits per heavy atom. The van der Waals surface area contributed by atoms with Crippen molar-refractivity contribution in [1.29, 1.82) is 0 Å². The van der Waals surface area contributed by atoms with Gasteiger partial charge in [-0.1, -0.05) is 46.9 Å². The van der Waals surface area contributed by atoms with Crippen LogP contribution in [-0.2, 0) is 14.8 Å². The second-order valence-electron chi connectivity index (χ2n) is 7.81. The minimum atomic E-state index is -4.20. The molecule has 0 unspecified atom stereocenters. The smallest absolute Gasteiger partial charge is 0.268 e. The minimum absolute atomic E-state index is 0.0467. The summed E-state index contributed by atoms with van der Waals surface area (Å²) in [6.45, 7) is 4.96. The quantitative estimate of drug-likeness (QED) is 0.351. The van der Waals surface area contributed by atoms with Gasteiger partial charge in [0.05, 0.1) is 33.6 Å². The van der Waals surface area contributed by atoms with Crippen molar-refractivity contribution >= 4 is 62.1 Å². The predicted octanol–water partition coefficient (Wildman–Crippen LogP) is 6.41. The number of halogens is 3. The highest BCUT2D eigenvalue weighted by Gasteiger charge is 2.30. The molecule has 0 bridgehead atoms. The number of nitrogens with one attached hydrogen (secondary N) is 1. The maximum absolute atomic E-state index is 13.8. The number of ether oxygens (including phenoxy) is 1. The molecule has 1 N–H and O–H groups in total. The van der Waals surface area contributed by atoms with Crippen molar-refractivity contribution in [2.75, 3.05) is 23.3 Å². The molecule has 0 saturated heterocycles. The van der Waals surface area contributed by atoms with Crippen molar-refractivity contribution in [3.63, 3.8) is 0 Å². The van der Waals surface area contributed by atoms with Crippen LogP contribution in [-0.4, -0.2) is 28.0 Å². The van der Waals surface area contributed by atoms with Gasteiger partial charge in [-0.15, -0.1) is 0 Å². The van der Waals surface area contributed by atoms with Gasteiger partial charge in [0.1, 0.15) is 17.2 Å². The highest BCUT2D eigenvalue weighted by atomic mass is 35.5. The number of anilines is 2. The van der Waals surface area contributed by atoms with Gasteiger partial charge in [-0.05, 0) is 73.9 Å². The van der Waals surface area contributed by atoms with Crippen LogP contribution in [0.25, 0.3) is 0 Å². The van der Waals surface area contributed by atoms with Crippen LogP contribution >= 0.6 is 34.8 Å². The van der Waals surface area contributed by atoms with Crippen LogP contribution in [0.4, 0.5) is 11.4 Å². The Bertz CT molecular complexity index is 1340. The number of hydrogen-bond acceptors (Lipinski definition) is 4. The molecule has 0 heterocycles. The van der Waals surface area contributed by atoms with Gasteiger partial charge in [-0.25, -0.2) is 8.42 Å². The van der Waals surface area contributed by atoms with E-state index in [-0.39, 0.29) is 31.4 Å². The van der Waals surface area contributed by atoms with E-state index < -0.39 is 22.5 Å². The molecule has 0 spiro atoms. The fraction of sp³-hybridized carbons (Fsp3) is 0.208. The molecular weight excluding hydrogens is 519 g/mol. The lowest BCUT2D eigenvalue weighted by atomic mass is 10.1. The molecule has 180 valence electrons. The van der Waals surface area contributed by atoms with Crippen LogP contribution in [0.1, 0.15) is 16.7 Å². The second kappa shape index (κ2) is 10.4. The van der Waals surface area contributed by atoms with Crippen LogP contribution in [0.2, 0.25) is 15.1 Å². The summed E-state index contributed by atoms with van der Waals surface area (Å²) in [5.74, 6) is -0.442. The number of nitrogens with zero attached hydrogens (tertiary/aromatic N) is 1. The van der Waals surface area contributed by atoms with Crippen LogP contribution in [0.15, 0.2) is 53.4 Å². The SMILES string of the molecule is COc1ccc(C)cc1S(=O)(=O)N(CC(=O)Nc1cc(Cl)c(Cl)cc1Cl)c1cc(C)cc(C)c1. The summed E-state index contributed by atoms with van der Waals surface area (Å²) in [6.07, 6.45) is 0. The molecule has 0 aliphatic heterocycles. The van der Waals surface area contributed by atoms with Gasteiger partial charge in [0.25, 0.3) is 10.0 Å². The van der Waals surface area contributed by atoms with Gasteiger partial charge in [-0.3, -0.25) is 9.10 Å². The normalized spacial score (nSPS) is 11.3. The molecule has 6 nitrogen and oxygen atoms in total. The summed E-state index contributed by atoms with van der Waals surface area (Å²) in [4.78, 5) is 13.0. The Morgan fingerprint density at radius 2 is 1.50 bits per heavy atom. The van der Waals surface area contributed by atoms with Gasteiger partial charge in [0.15, 0.2) is 0 Å². The average Bonchev–Trinajstić information content (AvgIpc) is 2.75. The zero-order chi connectivity index (χ0) is 25.2. The van der Waals surface area contributed by atoms with E-state index >= 15 is 0 Å². The van der Waals surface area contributed by atoms with E-state index in [0.29, 0.717) is 5.69 Å². The van der Waals surface area contributed by atoms with Crippen molar-refractivity contribution in [2.45, 2.75) is 25.7 Å². The van der Waals surface area contributed by atoms with Crippen LogP contribution in [0.5, 0.6) is 5.75 Å². The van der Waals surface area contributed by atoms with E-state index in [0.717, 1.165) is 21.0 Å². The van der Waals surface area contributed by atoms with E-state index in [1.807, 2.05) is 19.9 Å². The summed E-state index contributed by atoms with van der Waals surface area (Å²) >= 11 is 18.2. The molecule has 0 saturated carbocycles. The third-order valence-corrected chi connectivity index (χ3v) is 7.78. The maximum Gasteiger partial charge on any atom is 0.268 e. The molecule has 0 aliphatic rings. The Morgan fingerprint density at radius 3 is 2.12 bits per heavy atom. The van der Waals surface area contributed by atoms with Crippen molar-refractivity contribution in [1.82, 2.24) is 0 Å². The fourth-order valence-corrected chi connectivity index (χ4v) is 5.69. The Labute approximate surface area is 214 Å². The highest BCUT2D eigenvalue weighted by molar-refractivity contribution is 7.93. The zero-order valence-corrected chi connectivity index (χ0v) is 22.0. The molecule has 0 fully saturated rings. The van der Waals surface area contributed by atoms with Gasteiger partial charge in [0.2, 0.25) is 5.91 Å². The van der Waals surface area contributed by atoms with E-state index in [9.17, 15) is 13.2 Å². The zero-order valence-electron chi connectivity index (χ0n) is 18.9. The molecule has 10 heteroatoms. The molecule has 0 atom stereocenters. The van der Waals surface area contributed by atoms with Crippen molar-refractivity contribution < 1.29 is 17.9 Å². The number of sulfonamides is 1. The lowest BCUT2D eigenvalue weighted by Gasteiger charge is -2.26. The van der Waals surface area contributed by atoms with Crippen molar-refractivity contribution in [3.8, 4) is 5.75 Å². The third-order valence-electron chi connectivity index (χ3n) is 4.95. The first-order valence-corrected chi connectivity index (χ1v) is 12.7. The van der Waals surface area contributed by atoms with E-state index in [1.165, 1.54) is 25.3 Å². The summed E-state index contributed by atoms with van der Waals surface area (Å²) in [6, 6.07) is 13.0. The third kappa shape index (κ3) is 5.78. The highest BCUT2D eigenvalue weighted by Crippen LogP contribution is 2.34. The number of aryl methyl sites for hydroxylation is 3. The number of benzene rings is 3. The van der Waals surface area contributed by atoms with E-state index in [2.05, 4.69) is 5.32 Å². The standard InChI is InChI=1S/C24H23Cl3N2O4S/c1-14-5-6-22(33-4)23(10-14)34(31,32)29(17-8-15(2)7-16(3)9-17)13-24(30)28-21-12-19(26)18(25)11-20(21)27/h5-12H,13H2,1-4H3,(H,28,30). The molecule has 1 amide bonds. The van der Waals surface area contributed by atoms with Gasteiger partial charge in [-0.2, -0.15) is 0 Å². The second-order valence-corrected chi connectivity index (χ2v) is 10.9. The lowest BCUT2D eigenvalue weighted by Crippen LogP contribution is -2.38. The first-order valence-electron chi connectivity index (χ1n) is 10.1. The fourth-order valence-electron chi connectivity index (χ4n) is 3.45. The number of methoxy groups -OCH3 is 1. The molecule has 0 radical (unpaired) electrons. The maximum atomic E-state index is 13.8. The number of hydrogen-bond donors (Lipinski definition) is 1. The topological polar surface area (TPSA) is 75.7 Å². The summed E-state index contributed by atoms with van der Waals surface area (Å²) in [7, 11) is -2.81. The monoisotopic (exact) mass is 540 g/mol. The minimum Gasteiger partial charge on any atom is -0.495 e. The van der Waals surface area contributed by atoms with Gasteiger partial charge in [0, 0.05) is 0 Å². The summed E-state index contributed by atoms with van der Waals surface area (Å²) < 4.78 is 34.0.